The van der Waals surface area contributed by atoms with Gasteiger partial charge in [0.1, 0.15) is 0 Å². The number of primary amides is 1. The number of carbonyl (C=O) groups is 2. The lowest BCUT2D eigenvalue weighted by Crippen LogP contribution is -2.24. The van der Waals surface area contributed by atoms with Crippen LogP contribution in [-0.2, 0) is 25.7 Å². The minimum Gasteiger partial charge on any atom is -0.478 e. The average molecular weight is 325 g/mol. The number of amides is 1. The molecule has 1 amide bonds. The first-order valence-corrected chi connectivity index (χ1v) is 7.60. The van der Waals surface area contributed by atoms with Gasteiger partial charge in [0.2, 0.25) is 5.91 Å². The third-order valence-electron chi connectivity index (χ3n) is 3.80. The molecule has 0 saturated heterocycles. The summed E-state index contributed by atoms with van der Waals surface area (Å²) in [7, 11) is 0. The maximum atomic E-state index is 12.1. The van der Waals surface area contributed by atoms with Gasteiger partial charge in [-0.25, -0.2) is 4.79 Å². The number of carboxylic acid groups (broad SMARTS) is 1. The predicted molar refractivity (Wildman–Crippen MR) is 97.5 cm³/mol. The summed E-state index contributed by atoms with van der Waals surface area (Å²) in [6.45, 7) is 14.9. The summed E-state index contributed by atoms with van der Waals surface area (Å²) >= 11 is 0. The molecular formula is C20H23NO3. The number of allylic oxidation sites excluding steroid dienone is 4. The van der Waals surface area contributed by atoms with E-state index in [9.17, 15) is 14.7 Å². The second-order valence-corrected chi connectivity index (χ2v) is 5.30. The zero-order valence-corrected chi connectivity index (χ0v) is 13.8. The van der Waals surface area contributed by atoms with Crippen LogP contribution in [0, 0.1) is 0 Å². The fourth-order valence-corrected chi connectivity index (χ4v) is 3.00. The SMILES string of the molecule is C=CCc1c(CC=C)c(CC=C)c(C(=O)O)c(C(N)=O)c1CC=C. The molecule has 0 saturated carbocycles. The van der Waals surface area contributed by atoms with Crippen LogP contribution in [-0.4, -0.2) is 17.0 Å². The Bertz CT molecular complexity index is 653. The zero-order chi connectivity index (χ0) is 18.3. The normalized spacial score (nSPS) is 10.0. The Labute approximate surface area is 142 Å². The zero-order valence-electron chi connectivity index (χ0n) is 13.8. The van der Waals surface area contributed by atoms with Gasteiger partial charge in [-0.1, -0.05) is 24.3 Å². The summed E-state index contributed by atoms with van der Waals surface area (Å²) in [6, 6.07) is 0. The Morgan fingerprint density at radius 2 is 1.08 bits per heavy atom. The van der Waals surface area contributed by atoms with Crippen molar-refractivity contribution in [2.75, 3.05) is 0 Å². The van der Waals surface area contributed by atoms with Crippen molar-refractivity contribution in [3.05, 3.63) is 84.0 Å². The predicted octanol–water partition coefficient (Wildman–Crippen LogP) is 3.40. The highest BCUT2D eigenvalue weighted by Crippen LogP contribution is 2.31. The molecule has 0 fully saturated rings. The van der Waals surface area contributed by atoms with Crippen molar-refractivity contribution < 1.29 is 14.7 Å². The molecule has 0 aliphatic rings. The maximum absolute atomic E-state index is 12.1. The Balaban J connectivity index is 4.11. The van der Waals surface area contributed by atoms with E-state index in [-0.39, 0.29) is 11.1 Å². The van der Waals surface area contributed by atoms with E-state index in [0.717, 1.165) is 11.1 Å². The second-order valence-electron chi connectivity index (χ2n) is 5.30. The van der Waals surface area contributed by atoms with Gasteiger partial charge in [-0.3, -0.25) is 4.79 Å². The van der Waals surface area contributed by atoms with E-state index >= 15 is 0 Å². The average Bonchev–Trinajstić information content (AvgIpc) is 2.51. The molecule has 1 aromatic carbocycles. The molecule has 3 N–H and O–H groups in total. The van der Waals surface area contributed by atoms with Crippen LogP contribution in [0.2, 0.25) is 0 Å². The highest BCUT2D eigenvalue weighted by Gasteiger charge is 2.27. The molecule has 0 aliphatic heterocycles. The summed E-state index contributed by atoms with van der Waals surface area (Å²) in [6.07, 6.45) is 8.32. The molecular weight excluding hydrogens is 302 g/mol. The molecule has 4 heteroatoms. The first-order valence-electron chi connectivity index (χ1n) is 7.60. The van der Waals surface area contributed by atoms with Gasteiger partial charge in [0.05, 0.1) is 11.1 Å². The van der Waals surface area contributed by atoms with Gasteiger partial charge in [0.15, 0.2) is 0 Å². The molecule has 1 aromatic rings. The summed E-state index contributed by atoms with van der Waals surface area (Å²) in [5.41, 5.74) is 8.37. The van der Waals surface area contributed by atoms with Gasteiger partial charge in [-0.05, 0) is 47.9 Å². The van der Waals surface area contributed by atoms with Crippen molar-refractivity contribution in [1.29, 1.82) is 0 Å². The van der Waals surface area contributed by atoms with Crippen molar-refractivity contribution in [1.82, 2.24) is 0 Å². The van der Waals surface area contributed by atoms with Gasteiger partial charge in [-0.15, -0.1) is 26.3 Å². The maximum Gasteiger partial charge on any atom is 0.336 e. The molecule has 0 bridgehead atoms. The Morgan fingerprint density at radius 3 is 1.38 bits per heavy atom. The van der Waals surface area contributed by atoms with Crippen LogP contribution in [0.25, 0.3) is 0 Å². The Kier molecular flexibility index (Phi) is 6.93. The topological polar surface area (TPSA) is 80.4 Å². The highest BCUT2D eigenvalue weighted by atomic mass is 16.4. The van der Waals surface area contributed by atoms with Gasteiger partial charge in [-0.2, -0.15) is 0 Å². The van der Waals surface area contributed by atoms with Crippen LogP contribution < -0.4 is 5.73 Å². The molecule has 0 radical (unpaired) electrons. The summed E-state index contributed by atoms with van der Waals surface area (Å²) in [5.74, 6) is -1.94. The van der Waals surface area contributed by atoms with Gasteiger partial charge >= 0.3 is 5.97 Å². The van der Waals surface area contributed by atoms with Gasteiger partial charge in [0.25, 0.3) is 0 Å². The third kappa shape index (κ3) is 3.71. The van der Waals surface area contributed by atoms with E-state index < -0.39 is 11.9 Å². The van der Waals surface area contributed by atoms with E-state index in [0.29, 0.717) is 36.8 Å². The molecule has 126 valence electrons. The molecule has 4 nitrogen and oxygen atoms in total. The monoisotopic (exact) mass is 325 g/mol. The molecule has 1 rings (SSSR count). The number of carbonyl (C=O) groups excluding carboxylic acids is 1. The van der Waals surface area contributed by atoms with E-state index in [4.69, 9.17) is 5.73 Å². The number of benzene rings is 1. The molecule has 0 heterocycles. The molecule has 0 spiro atoms. The second kappa shape index (κ2) is 8.67. The van der Waals surface area contributed by atoms with Crippen LogP contribution in [0.4, 0.5) is 0 Å². The number of aromatic carboxylic acids is 1. The standard InChI is InChI=1S/C20H23NO3/c1-5-9-13-14(10-6-2)16(12-8-4)18(20(23)24)17(19(21)22)15(13)11-7-3/h5-8H,1-4,9-12H2,(H2,21,22)(H,23,24). The quantitative estimate of drug-likeness (QED) is 0.647. The largest absolute Gasteiger partial charge is 0.478 e. The van der Waals surface area contributed by atoms with E-state index in [1.54, 1.807) is 24.3 Å². The lowest BCUT2D eigenvalue weighted by Gasteiger charge is -2.22. The van der Waals surface area contributed by atoms with Crippen LogP contribution in [0.15, 0.2) is 50.6 Å². The summed E-state index contributed by atoms with van der Waals surface area (Å²) < 4.78 is 0. The van der Waals surface area contributed by atoms with Crippen molar-refractivity contribution in [3.8, 4) is 0 Å². The van der Waals surface area contributed by atoms with Crippen LogP contribution in [0.3, 0.4) is 0 Å². The van der Waals surface area contributed by atoms with Gasteiger partial charge < -0.3 is 10.8 Å². The molecule has 0 aliphatic carbocycles. The number of carboxylic acids is 1. The summed E-state index contributed by atoms with van der Waals surface area (Å²) in [4.78, 5) is 23.9. The Morgan fingerprint density at radius 1 is 0.750 bits per heavy atom. The smallest absolute Gasteiger partial charge is 0.336 e. The molecule has 0 unspecified atom stereocenters. The number of rotatable bonds is 10. The van der Waals surface area contributed by atoms with Crippen LogP contribution >= 0.6 is 0 Å². The Hall–Kier alpha value is -2.88. The summed E-state index contributed by atoms with van der Waals surface area (Å²) in [5, 5.41) is 9.71. The molecule has 0 atom stereocenters. The first-order chi connectivity index (χ1) is 11.4. The third-order valence-corrected chi connectivity index (χ3v) is 3.80. The van der Waals surface area contributed by atoms with E-state index in [1.807, 2.05) is 0 Å². The number of nitrogens with two attached hydrogens (primary N) is 1. The minimum atomic E-state index is -1.18. The first kappa shape index (κ1) is 19.2. The lowest BCUT2D eigenvalue weighted by molar-refractivity contribution is 0.0690. The van der Waals surface area contributed by atoms with Crippen LogP contribution in [0.1, 0.15) is 43.0 Å². The van der Waals surface area contributed by atoms with Crippen LogP contribution in [0.5, 0.6) is 0 Å². The number of hydrogen-bond donors (Lipinski definition) is 2. The van der Waals surface area contributed by atoms with Crippen molar-refractivity contribution in [2.45, 2.75) is 25.7 Å². The fourth-order valence-electron chi connectivity index (χ4n) is 3.00. The van der Waals surface area contributed by atoms with E-state index in [1.165, 1.54) is 0 Å². The van der Waals surface area contributed by atoms with E-state index in [2.05, 4.69) is 26.3 Å². The van der Waals surface area contributed by atoms with Crippen molar-refractivity contribution in [3.63, 3.8) is 0 Å². The minimum absolute atomic E-state index is 0.0453. The molecule has 0 aromatic heterocycles. The number of hydrogen-bond acceptors (Lipinski definition) is 2. The lowest BCUT2D eigenvalue weighted by atomic mass is 9.81. The van der Waals surface area contributed by atoms with Crippen molar-refractivity contribution in [2.24, 2.45) is 5.73 Å². The molecule has 24 heavy (non-hydrogen) atoms. The fraction of sp³-hybridized carbons (Fsp3) is 0.200. The van der Waals surface area contributed by atoms with Crippen molar-refractivity contribution >= 4 is 11.9 Å². The van der Waals surface area contributed by atoms with Gasteiger partial charge in [0, 0.05) is 0 Å². The highest BCUT2D eigenvalue weighted by molar-refractivity contribution is 6.07.